The van der Waals surface area contributed by atoms with Gasteiger partial charge in [0.2, 0.25) is 0 Å². The third kappa shape index (κ3) is 7.23. The van der Waals surface area contributed by atoms with Crippen LogP contribution < -0.4 is 24.4 Å². The van der Waals surface area contributed by atoms with E-state index in [0.29, 0.717) is 48.3 Å². The molecule has 5 rings (SSSR count). The van der Waals surface area contributed by atoms with Gasteiger partial charge in [0.05, 0.1) is 15.9 Å². The minimum atomic E-state index is -0.824. The molecule has 1 saturated heterocycles. The van der Waals surface area contributed by atoms with Crippen molar-refractivity contribution in [2.45, 2.75) is 27.1 Å². The fourth-order valence-corrected chi connectivity index (χ4v) is 5.19. The molecule has 8 nitrogen and oxygen atoms in total. The van der Waals surface area contributed by atoms with Gasteiger partial charge in [0.1, 0.15) is 24.5 Å². The van der Waals surface area contributed by atoms with Crippen LogP contribution in [0.4, 0.5) is 10.5 Å². The summed E-state index contributed by atoms with van der Waals surface area (Å²) in [4.78, 5) is 39.9. The molecule has 0 saturated carbocycles. The lowest BCUT2D eigenvalue weighted by molar-refractivity contribution is -0.122. The van der Waals surface area contributed by atoms with Crippen molar-refractivity contribution in [3.8, 4) is 17.2 Å². The Morgan fingerprint density at radius 2 is 1.49 bits per heavy atom. The van der Waals surface area contributed by atoms with Crippen molar-refractivity contribution >= 4 is 52.2 Å². The van der Waals surface area contributed by atoms with E-state index in [1.807, 2.05) is 68.4 Å². The molecule has 1 aliphatic rings. The molecule has 1 N–H and O–H groups in total. The molecule has 0 aliphatic carbocycles. The van der Waals surface area contributed by atoms with Gasteiger partial charge in [0.15, 0.2) is 11.5 Å². The highest BCUT2D eigenvalue weighted by molar-refractivity contribution is 14.1. The van der Waals surface area contributed by atoms with E-state index in [9.17, 15) is 14.4 Å². The highest BCUT2D eigenvalue weighted by Crippen LogP contribution is 2.36. The molecule has 0 atom stereocenters. The maximum absolute atomic E-state index is 13.5. The van der Waals surface area contributed by atoms with Crippen molar-refractivity contribution in [3.63, 3.8) is 0 Å². The van der Waals surface area contributed by atoms with Crippen LogP contribution in [0.2, 0.25) is 0 Å². The predicted octanol–water partition coefficient (Wildman–Crippen LogP) is 6.82. The number of nitrogens with zero attached hydrogens (tertiary/aromatic N) is 1. The maximum Gasteiger partial charge on any atom is 0.335 e. The first kappa shape index (κ1) is 29.8. The van der Waals surface area contributed by atoms with E-state index in [1.165, 1.54) is 6.08 Å². The Morgan fingerprint density at radius 1 is 0.814 bits per heavy atom. The summed E-state index contributed by atoms with van der Waals surface area (Å²) < 4.78 is 18.5. The van der Waals surface area contributed by atoms with Crippen molar-refractivity contribution < 1.29 is 28.6 Å². The number of carbonyl (C=O) groups excluding carboxylic acids is 3. The number of ether oxygens (including phenoxy) is 3. The number of benzene rings is 4. The largest absolute Gasteiger partial charge is 0.490 e. The summed E-state index contributed by atoms with van der Waals surface area (Å²) in [5, 5.41) is 2.27. The number of hydrogen-bond donors (Lipinski definition) is 1. The molecular weight excluding hydrogens is 659 g/mol. The van der Waals surface area contributed by atoms with Crippen LogP contribution in [0.1, 0.15) is 29.2 Å². The number of hydrogen-bond acceptors (Lipinski definition) is 6. The quantitative estimate of drug-likeness (QED) is 0.112. The van der Waals surface area contributed by atoms with Gasteiger partial charge in [-0.15, -0.1) is 0 Å². The summed E-state index contributed by atoms with van der Waals surface area (Å²) in [5.41, 5.74) is 3.86. The first-order chi connectivity index (χ1) is 20.8. The molecule has 0 spiro atoms. The molecule has 1 aliphatic heterocycles. The number of urea groups is 1. The molecule has 4 aromatic carbocycles. The minimum absolute atomic E-state index is 0.185. The van der Waals surface area contributed by atoms with Crippen LogP contribution in [0, 0.1) is 10.5 Å². The number of halogens is 1. The van der Waals surface area contributed by atoms with Crippen LogP contribution in [0.3, 0.4) is 0 Å². The lowest BCUT2D eigenvalue weighted by atomic mass is 10.1. The summed E-state index contributed by atoms with van der Waals surface area (Å²) in [6, 6.07) is 27.0. The lowest BCUT2D eigenvalue weighted by Crippen LogP contribution is -2.54. The first-order valence-electron chi connectivity index (χ1n) is 13.7. The Labute approximate surface area is 263 Å². The number of rotatable bonds is 10. The molecule has 43 heavy (non-hydrogen) atoms. The summed E-state index contributed by atoms with van der Waals surface area (Å²) in [5.74, 6) is 0.111. The second-order valence-corrected chi connectivity index (χ2v) is 10.9. The Balaban J connectivity index is 1.36. The van der Waals surface area contributed by atoms with E-state index < -0.39 is 17.8 Å². The number of carbonyl (C=O) groups is 3. The molecule has 218 valence electrons. The van der Waals surface area contributed by atoms with Gasteiger partial charge in [-0.3, -0.25) is 14.9 Å². The Hall–Kier alpha value is -4.64. The van der Waals surface area contributed by atoms with E-state index in [1.54, 1.807) is 36.4 Å². The van der Waals surface area contributed by atoms with Crippen molar-refractivity contribution in [2.75, 3.05) is 11.5 Å². The molecular formula is C34H29IN2O6. The third-order valence-corrected chi connectivity index (χ3v) is 7.39. The molecule has 0 unspecified atom stereocenters. The van der Waals surface area contributed by atoms with Crippen LogP contribution in [0.25, 0.3) is 6.08 Å². The molecule has 4 amide bonds. The summed E-state index contributed by atoms with van der Waals surface area (Å²) in [6.45, 7) is 5.01. The number of amides is 4. The smallest absolute Gasteiger partial charge is 0.335 e. The fourth-order valence-electron chi connectivity index (χ4n) is 4.41. The van der Waals surface area contributed by atoms with Crippen LogP contribution in [-0.4, -0.2) is 24.5 Å². The van der Waals surface area contributed by atoms with Crippen molar-refractivity contribution in [3.05, 3.63) is 122 Å². The monoisotopic (exact) mass is 688 g/mol. The number of imide groups is 2. The van der Waals surface area contributed by atoms with Gasteiger partial charge < -0.3 is 14.2 Å². The van der Waals surface area contributed by atoms with Gasteiger partial charge in [0, 0.05) is 0 Å². The minimum Gasteiger partial charge on any atom is -0.490 e. The molecule has 9 heteroatoms. The zero-order valence-corrected chi connectivity index (χ0v) is 25.8. The molecule has 0 aromatic heterocycles. The fraction of sp³-hybridized carbons (Fsp3) is 0.147. The Morgan fingerprint density at radius 3 is 2.19 bits per heavy atom. The second-order valence-electron chi connectivity index (χ2n) is 9.76. The van der Waals surface area contributed by atoms with Crippen LogP contribution in [0.15, 0.2) is 96.6 Å². The normalized spacial score (nSPS) is 14.1. The third-order valence-electron chi connectivity index (χ3n) is 6.59. The summed E-state index contributed by atoms with van der Waals surface area (Å²) in [6.07, 6.45) is 1.45. The average molecular weight is 689 g/mol. The van der Waals surface area contributed by atoms with E-state index in [0.717, 1.165) is 25.2 Å². The Bertz CT molecular complexity index is 1670. The van der Waals surface area contributed by atoms with Crippen LogP contribution >= 0.6 is 22.6 Å². The maximum atomic E-state index is 13.5. The highest BCUT2D eigenvalue weighted by Gasteiger charge is 2.37. The van der Waals surface area contributed by atoms with Gasteiger partial charge in [-0.1, -0.05) is 60.2 Å². The second kappa shape index (κ2) is 13.6. The lowest BCUT2D eigenvalue weighted by Gasteiger charge is -2.26. The first-order valence-corrected chi connectivity index (χ1v) is 14.7. The average Bonchev–Trinajstić information content (AvgIpc) is 3.00. The molecule has 1 heterocycles. The molecule has 0 bridgehead atoms. The number of nitrogens with one attached hydrogen (secondary N) is 1. The van der Waals surface area contributed by atoms with Crippen LogP contribution in [0.5, 0.6) is 17.2 Å². The number of anilines is 1. The highest BCUT2D eigenvalue weighted by atomic mass is 127. The van der Waals surface area contributed by atoms with Crippen molar-refractivity contribution in [1.82, 2.24) is 5.32 Å². The Kier molecular flexibility index (Phi) is 9.41. The van der Waals surface area contributed by atoms with E-state index in [4.69, 9.17) is 14.2 Å². The SMILES string of the molecule is CCOc1cc(/C=C2\C(=O)NC(=O)N(c3ccc(OCc4ccccc4)cc3)C2=O)cc(I)c1OCc1ccc(C)cc1. The molecule has 1 fully saturated rings. The molecule has 0 radical (unpaired) electrons. The zero-order chi connectivity index (χ0) is 30.3. The number of barbiturate groups is 1. The summed E-state index contributed by atoms with van der Waals surface area (Å²) in [7, 11) is 0. The zero-order valence-electron chi connectivity index (χ0n) is 23.6. The van der Waals surface area contributed by atoms with Gasteiger partial charge in [-0.25, -0.2) is 9.69 Å². The standard InChI is InChI=1S/C34H29IN2O6/c1-3-41-30-19-25(18-29(35)31(30)43-21-24-11-9-22(2)10-12-24)17-28-32(38)36-34(40)37(33(28)39)26-13-15-27(16-14-26)42-20-23-7-5-4-6-8-23/h4-19H,3,20-21H2,1-2H3,(H,36,38,40)/b28-17+. The van der Waals surface area contributed by atoms with Crippen molar-refractivity contribution in [1.29, 1.82) is 0 Å². The van der Waals surface area contributed by atoms with Crippen LogP contribution in [-0.2, 0) is 22.8 Å². The topological polar surface area (TPSA) is 94.2 Å². The van der Waals surface area contributed by atoms with Gasteiger partial charge in [-0.05, 0) is 95.6 Å². The van der Waals surface area contributed by atoms with Gasteiger partial charge in [0.25, 0.3) is 11.8 Å². The summed E-state index contributed by atoms with van der Waals surface area (Å²) >= 11 is 2.14. The van der Waals surface area contributed by atoms with Gasteiger partial charge in [-0.2, -0.15) is 0 Å². The van der Waals surface area contributed by atoms with Crippen molar-refractivity contribution in [2.24, 2.45) is 0 Å². The number of aryl methyl sites for hydroxylation is 1. The van der Waals surface area contributed by atoms with Gasteiger partial charge >= 0.3 is 6.03 Å². The van der Waals surface area contributed by atoms with E-state index in [-0.39, 0.29) is 5.57 Å². The molecule has 4 aromatic rings. The van der Waals surface area contributed by atoms with E-state index >= 15 is 0 Å². The van der Waals surface area contributed by atoms with E-state index in [2.05, 4.69) is 27.9 Å². The predicted molar refractivity (Wildman–Crippen MR) is 172 cm³/mol.